The zero-order valence-electron chi connectivity index (χ0n) is 20.6. The molecule has 1 aliphatic rings. The molecule has 0 aliphatic carbocycles. The predicted molar refractivity (Wildman–Crippen MR) is 133 cm³/mol. The number of methoxy groups -OCH3 is 4. The lowest BCUT2D eigenvalue weighted by Crippen LogP contribution is -2.34. The highest BCUT2D eigenvalue weighted by Gasteiger charge is 2.32. The molecule has 1 aliphatic heterocycles. The van der Waals surface area contributed by atoms with Gasteiger partial charge in [-0.25, -0.2) is 0 Å². The molecule has 0 N–H and O–H groups in total. The van der Waals surface area contributed by atoms with E-state index in [0.29, 0.717) is 18.1 Å². The van der Waals surface area contributed by atoms with Crippen LogP contribution < -0.4 is 23.7 Å². The van der Waals surface area contributed by atoms with Crippen LogP contribution in [0.3, 0.4) is 0 Å². The normalized spacial score (nSPS) is 15.4. The molecular formula is C28H33NO5. The third-order valence-electron chi connectivity index (χ3n) is 6.45. The Balaban J connectivity index is 1.73. The molecule has 3 aromatic carbocycles. The van der Waals surface area contributed by atoms with Crippen molar-refractivity contribution in [1.82, 2.24) is 4.90 Å². The number of fused-ring (bicyclic) bond motifs is 1. The molecule has 1 atom stereocenters. The minimum absolute atomic E-state index is 0.113. The molecule has 6 heteroatoms. The van der Waals surface area contributed by atoms with E-state index in [2.05, 4.69) is 24.1 Å². The van der Waals surface area contributed by atoms with E-state index in [1.807, 2.05) is 42.5 Å². The fraction of sp³-hybridized carbons (Fsp3) is 0.357. The van der Waals surface area contributed by atoms with Crippen LogP contribution >= 0.6 is 0 Å². The summed E-state index contributed by atoms with van der Waals surface area (Å²) < 4.78 is 29.0. The van der Waals surface area contributed by atoms with Crippen molar-refractivity contribution in [1.29, 1.82) is 0 Å². The van der Waals surface area contributed by atoms with Crippen LogP contribution in [-0.4, -0.2) is 46.9 Å². The first kappa shape index (κ1) is 23.8. The Morgan fingerprint density at radius 1 is 0.765 bits per heavy atom. The second-order valence-electron chi connectivity index (χ2n) is 8.43. The van der Waals surface area contributed by atoms with E-state index in [1.165, 1.54) is 5.56 Å². The van der Waals surface area contributed by atoms with Gasteiger partial charge in [0.2, 0.25) is 5.75 Å². The molecule has 34 heavy (non-hydrogen) atoms. The van der Waals surface area contributed by atoms with Gasteiger partial charge in [-0.05, 0) is 54.8 Å². The van der Waals surface area contributed by atoms with Crippen molar-refractivity contribution in [2.45, 2.75) is 25.5 Å². The summed E-state index contributed by atoms with van der Waals surface area (Å²) in [5.74, 6) is 3.53. The Labute approximate surface area is 202 Å². The Morgan fingerprint density at radius 3 is 2.18 bits per heavy atom. The molecule has 180 valence electrons. The van der Waals surface area contributed by atoms with Crippen molar-refractivity contribution in [3.05, 3.63) is 76.9 Å². The fourth-order valence-corrected chi connectivity index (χ4v) is 4.64. The van der Waals surface area contributed by atoms with Gasteiger partial charge in [-0.15, -0.1) is 0 Å². The van der Waals surface area contributed by atoms with Gasteiger partial charge in [0, 0.05) is 18.2 Å². The molecule has 6 nitrogen and oxygen atoms in total. The first-order valence-corrected chi connectivity index (χ1v) is 11.4. The molecule has 0 spiro atoms. The van der Waals surface area contributed by atoms with Gasteiger partial charge >= 0.3 is 0 Å². The number of benzene rings is 3. The van der Waals surface area contributed by atoms with Crippen molar-refractivity contribution in [3.63, 3.8) is 0 Å². The standard InChI is InChI=1S/C28H33NO5/c1-29-14-13-21-17-25(32-4)27(34-18-19-9-7-6-8-10-19)28(33-5)26(21)22(29)15-20-11-12-23(30-2)24(16-20)31-3/h6-12,16-17,22H,13-15,18H2,1-5H3. The van der Waals surface area contributed by atoms with E-state index < -0.39 is 0 Å². The average Bonchev–Trinajstić information content (AvgIpc) is 2.88. The second kappa shape index (κ2) is 10.7. The summed E-state index contributed by atoms with van der Waals surface area (Å²) in [6.07, 6.45) is 1.71. The maximum Gasteiger partial charge on any atom is 0.204 e. The minimum atomic E-state index is 0.113. The third-order valence-corrected chi connectivity index (χ3v) is 6.45. The summed E-state index contributed by atoms with van der Waals surface area (Å²) in [7, 11) is 8.84. The summed E-state index contributed by atoms with van der Waals surface area (Å²) >= 11 is 0. The monoisotopic (exact) mass is 463 g/mol. The molecule has 0 saturated carbocycles. The van der Waals surface area contributed by atoms with Crippen LogP contribution in [0.25, 0.3) is 0 Å². The van der Waals surface area contributed by atoms with Gasteiger partial charge in [-0.3, -0.25) is 4.90 Å². The molecule has 0 saturated heterocycles. The summed E-state index contributed by atoms with van der Waals surface area (Å²) in [4.78, 5) is 2.37. The van der Waals surface area contributed by atoms with Gasteiger partial charge in [0.1, 0.15) is 6.61 Å². The van der Waals surface area contributed by atoms with E-state index in [0.717, 1.165) is 53.3 Å². The lowest BCUT2D eigenvalue weighted by molar-refractivity contribution is 0.214. The zero-order chi connectivity index (χ0) is 24.1. The van der Waals surface area contributed by atoms with Crippen molar-refractivity contribution >= 4 is 0 Å². The topological polar surface area (TPSA) is 49.4 Å². The Kier molecular flexibility index (Phi) is 7.48. The summed E-state index contributed by atoms with van der Waals surface area (Å²) in [5, 5.41) is 0. The van der Waals surface area contributed by atoms with Crippen LogP contribution in [0.2, 0.25) is 0 Å². The number of likely N-dealkylation sites (N-methyl/N-ethyl adjacent to an activating group) is 1. The minimum Gasteiger partial charge on any atom is -0.493 e. The number of hydrogen-bond acceptors (Lipinski definition) is 6. The van der Waals surface area contributed by atoms with Crippen molar-refractivity contribution in [2.24, 2.45) is 0 Å². The first-order valence-electron chi connectivity index (χ1n) is 11.4. The molecule has 1 unspecified atom stereocenters. The quantitative estimate of drug-likeness (QED) is 0.442. The van der Waals surface area contributed by atoms with E-state index in [1.54, 1.807) is 28.4 Å². The number of nitrogens with zero attached hydrogens (tertiary/aromatic N) is 1. The van der Waals surface area contributed by atoms with Gasteiger partial charge in [-0.1, -0.05) is 36.4 Å². The van der Waals surface area contributed by atoms with Crippen LogP contribution in [0.4, 0.5) is 0 Å². The van der Waals surface area contributed by atoms with E-state index >= 15 is 0 Å². The molecule has 3 aromatic rings. The Hall–Kier alpha value is -3.38. The Morgan fingerprint density at radius 2 is 1.50 bits per heavy atom. The summed E-state index contributed by atoms with van der Waals surface area (Å²) in [6.45, 7) is 1.38. The number of ether oxygens (including phenoxy) is 5. The van der Waals surface area contributed by atoms with Crippen LogP contribution in [0.5, 0.6) is 28.7 Å². The molecular weight excluding hydrogens is 430 g/mol. The SMILES string of the molecule is COc1ccc(CC2c3c(cc(OC)c(OCc4ccccc4)c3OC)CCN2C)cc1OC. The third kappa shape index (κ3) is 4.77. The van der Waals surface area contributed by atoms with Crippen molar-refractivity contribution in [3.8, 4) is 28.7 Å². The highest BCUT2D eigenvalue weighted by Crippen LogP contribution is 2.48. The van der Waals surface area contributed by atoms with Crippen LogP contribution in [0.1, 0.15) is 28.3 Å². The van der Waals surface area contributed by atoms with E-state index in [9.17, 15) is 0 Å². The number of hydrogen-bond donors (Lipinski definition) is 0. The fourth-order valence-electron chi connectivity index (χ4n) is 4.64. The lowest BCUT2D eigenvalue weighted by Gasteiger charge is -2.36. The number of rotatable bonds is 9. The average molecular weight is 464 g/mol. The largest absolute Gasteiger partial charge is 0.493 e. The van der Waals surface area contributed by atoms with E-state index in [-0.39, 0.29) is 6.04 Å². The van der Waals surface area contributed by atoms with Gasteiger partial charge in [-0.2, -0.15) is 0 Å². The maximum atomic E-state index is 6.30. The lowest BCUT2D eigenvalue weighted by atomic mass is 9.87. The first-order chi connectivity index (χ1) is 16.6. The smallest absolute Gasteiger partial charge is 0.204 e. The molecule has 0 bridgehead atoms. The maximum absolute atomic E-state index is 6.30. The zero-order valence-corrected chi connectivity index (χ0v) is 20.6. The van der Waals surface area contributed by atoms with Crippen LogP contribution in [0, 0.1) is 0 Å². The molecule has 0 fully saturated rings. The molecule has 0 radical (unpaired) electrons. The van der Waals surface area contributed by atoms with Crippen LogP contribution in [-0.2, 0) is 19.4 Å². The molecule has 0 aromatic heterocycles. The van der Waals surface area contributed by atoms with Gasteiger partial charge in [0.15, 0.2) is 23.0 Å². The van der Waals surface area contributed by atoms with Gasteiger partial charge in [0.05, 0.1) is 28.4 Å². The summed E-state index contributed by atoms with van der Waals surface area (Å²) in [6, 6.07) is 18.4. The molecule has 4 rings (SSSR count). The molecule has 1 heterocycles. The Bertz CT molecular complexity index is 1120. The van der Waals surface area contributed by atoms with Gasteiger partial charge < -0.3 is 23.7 Å². The second-order valence-corrected chi connectivity index (χ2v) is 8.43. The predicted octanol–water partition coefficient (Wildman–Crippen LogP) is 5.07. The highest BCUT2D eigenvalue weighted by molar-refractivity contribution is 5.61. The highest BCUT2D eigenvalue weighted by atomic mass is 16.5. The van der Waals surface area contributed by atoms with Gasteiger partial charge in [0.25, 0.3) is 0 Å². The van der Waals surface area contributed by atoms with Crippen LogP contribution in [0.15, 0.2) is 54.6 Å². The molecule has 0 amide bonds. The van der Waals surface area contributed by atoms with Crippen molar-refractivity contribution < 1.29 is 23.7 Å². The van der Waals surface area contributed by atoms with Crippen molar-refractivity contribution in [2.75, 3.05) is 42.0 Å². The summed E-state index contributed by atoms with van der Waals surface area (Å²) in [5.41, 5.74) is 4.62. The van der Waals surface area contributed by atoms with E-state index in [4.69, 9.17) is 23.7 Å².